The summed E-state index contributed by atoms with van der Waals surface area (Å²) in [6.07, 6.45) is 2.19. The summed E-state index contributed by atoms with van der Waals surface area (Å²) in [7, 11) is 1.79. The first kappa shape index (κ1) is 17.5. The fraction of sp³-hybridized carbons (Fsp3) is 0.375. The van der Waals surface area contributed by atoms with Gasteiger partial charge in [-0.25, -0.2) is 10.2 Å². The quantitative estimate of drug-likeness (QED) is 0.721. The van der Waals surface area contributed by atoms with E-state index in [-0.39, 0.29) is 17.9 Å². The number of carbonyl (C=O) groups is 2. The zero-order valence-electron chi connectivity index (χ0n) is 14.0. The molecular formula is C16H22N6O2. The van der Waals surface area contributed by atoms with Gasteiger partial charge in [-0.2, -0.15) is 0 Å². The van der Waals surface area contributed by atoms with E-state index in [4.69, 9.17) is 0 Å². The number of nitrogens with one attached hydrogen (secondary N) is 3. The summed E-state index contributed by atoms with van der Waals surface area (Å²) in [4.78, 5) is 24.2. The Kier molecular flexibility index (Phi) is 5.89. The van der Waals surface area contributed by atoms with Crippen molar-refractivity contribution in [2.75, 3.05) is 0 Å². The molecule has 0 aliphatic rings. The molecule has 2 rings (SSSR count). The second-order valence-electron chi connectivity index (χ2n) is 5.48. The van der Waals surface area contributed by atoms with Crippen molar-refractivity contribution in [3.05, 3.63) is 48.0 Å². The maximum absolute atomic E-state index is 12.3. The molecule has 2 aromatic rings. The molecule has 3 N–H and O–H groups in total. The average Bonchev–Trinajstić information content (AvgIpc) is 3.01. The number of urea groups is 1. The molecule has 1 aromatic heterocycles. The Morgan fingerprint density at radius 1 is 1.21 bits per heavy atom. The van der Waals surface area contributed by atoms with E-state index in [1.165, 1.54) is 0 Å². The Morgan fingerprint density at radius 2 is 1.92 bits per heavy atom. The Bertz CT molecular complexity index is 685. The lowest BCUT2D eigenvalue weighted by molar-refractivity contribution is -0.123. The molecule has 0 aliphatic heterocycles. The maximum Gasteiger partial charge on any atom is 0.334 e. The molecule has 0 saturated carbocycles. The SMILES string of the molecule is CCC(C(=O)NNC(=O)NC(C)c1nncn1C)c1ccccc1. The Hall–Kier alpha value is -2.90. The lowest BCUT2D eigenvalue weighted by Crippen LogP contribution is -2.49. The normalized spacial score (nSPS) is 13.0. The maximum atomic E-state index is 12.3. The third-order valence-electron chi connectivity index (χ3n) is 3.71. The molecule has 1 aromatic carbocycles. The van der Waals surface area contributed by atoms with Crippen LogP contribution >= 0.6 is 0 Å². The van der Waals surface area contributed by atoms with Crippen LogP contribution in [0, 0.1) is 0 Å². The first-order valence-corrected chi connectivity index (χ1v) is 7.78. The van der Waals surface area contributed by atoms with Crippen LogP contribution in [0.1, 0.15) is 43.6 Å². The molecule has 24 heavy (non-hydrogen) atoms. The highest BCUT2D eigenvalue weighted by atomic mass is 16.2. The van der Waals surface area contributed by atoms with Crippen LogP contribution in [0.2, 0.25) is 0 Å². The third-order valence-corrected chi connectivity index (χ3v) is 3.71. The number of hydrazine groups is 1. The largest absolute Gasteiger partial charge is 0.334 e. The lowest BCUT2D eigenvalue weighted by atomic mass is 9.96. The monoisotopic (exact) mass is 330 g/mol. The van der Waals surface area contributed by atoms with Crippen LogP contribution in [0.3, 0.4) is 0 Å². The Labute approximate surface area is 140 Å². The first-order chi connectivity index (χ1) is 11.5. The van der Waals surface area contributed by atoms with Gasteiger partial charge in [0.1, 0.15) is 6.33 Å². The highest BCUT2D eigenvalue weighted by Crippen LogP contribution is 2.18. The molecule has 128 valence electrons. The summed E-state index contributed by atoms with van der Waals surface area (Å²) in [5, 5.41) is 10.4. The average molecular weight is 330 g/mol. The Morgan fingerprint density at radius 3 is 2.50 bits per heavy atom. The summed E-state index contributed by atoms with van der Waals surface area (Å²) < 4.78 is 1.71. The molecule has 0 radical (unpaired) electrons. The zero-order valence-corrected chi connectivity index (χ0v) is 14.0. The highest BCUT2D eigenvalue weighted by molar-refractivity contribution is 5.86. The van der Waals surface area contributed by atoms with E-state index in [1.54, 1.807) is 24.9 Å². The second-order valence-corrected chi connectivity index (χ2v) is 5.48. The fourth-order valence-electron chi connectivity index (χ4n) is 2.44. The molecule has 3 amide bonds. The van der Waals surface area contributed by atoms with Crippen molar-refractivity contribution in [1.29, 1.82) is 0 Å². The minimum atomic E-state index is -0.512. The van der Waals surface area contributed by atoms with Crippen molar-refractivity contribution in [3.8, 4) is 0 Å². The third kappa shape index (κ3) is 4.31. The van der Waals surface area contributed by atoms with E-state index in [2.05, 4.69) is 26.4 Å². The Balaban J connectivity index is 1.86. The minimum Gasteiger partial charge on any atom is -0.327 e. The number of benzene rings is 1. The van der Waals surface area contributed by atoms with Crippen molar-refractivity contribution in [1.82, 2.24) is 30.9 Å². The number of aryl methyl sites for hydroxylation is 1. The molecule has 0 bridgehead atoms. The number of nitrogens with zero attached hydrogens (tertiary/aromatic N) is 3. The van der Waals surface area contributed by atoms with Crippen molar-refractivity contribution in [3.63, 3.8) is 0 Å². The molecule has 8 nitrogen and oxygen atoms in total. The van der Waals surface area contributed by atoms with Crippen LogP contribution in [0.4, 0.5) is 4.79 Å². The molecule has 8 heteroatoms. The summed E-state index contributed by atoms with van der Waals surface area (Å²) in [6, 6.07) is 8.59. The van der Waals surface area contributed by atoms with Crippen LogP contribution in [0.15, 0.2) is 36.7 Å². The van der Waals surface area contributed by atoms with Crippen LogP contribution in [-0.2, 0) is 11.8 Å². The van der Waals surface area contributed by atoms with Gasteiger partial charge in [0.25, 0.3) is 0 Å². The van der Waals surface area contributed by atoms with Gasteiger partial charge < -0.3 is 9.88 Å². The van der Waals surface area contributed by atoms with Gasteiger partial charge in [0, 0.05) is 7.05 Å². The number of hydrogen-bond acceptors (Lipinski definition) is 4. The van der Waals surface area contributed by atoms with Gasteiger partial charge in [-0.05, 0) is 18.9 Å². The van der Waals surface area contributed by atoms with Crippen LogP contribution in [-0.4, -0.2) is 26.7 Å². The second kappa shape index (κ2) is 8.09. The fourth-order valence-corrected chi connectivity index (χ4v) is 2.44. The van der Waals surface area contributed by atoms with E-state index < -0.39 is 6.03 Å². The van der Waals surface area contributed by atoms with E-state index in [9.17, 15) is 9.59 Å². The minimum absolute atomic E-state index is 0.259. The summed E-state index contributed by atoms with van der Waals surface area (Å²) in [5.41, 5.74) is 5.74. The van der Waals surface area contributed by atoms with E-state index >= 15 is 0 Å². The zero-order chi connectivity index (χ0) is 17.5. The van der Waals surface area contributed by atoms with E-state index in [1.807, 2.05) is 37.3 Å². The molecule has 0 spiro atoms. The molecule has 1 heterocycles. The van der Waals surface area contributed by atoms with Gasteiger partial charge in [-0.1, -0.05) is 37.3 Å². The van der Waals surface area contributed by atoms with E-state index in [0.717, 1.165) is 5.56 Å². The van der Waals surface area contributed by atoms with Crippen molar-refractivity contribution >= 4 is 11.9 Å². The van der Waals surface area contributed by atoms with Gasteiger partial charge in [0.05, 0.1) is 12.0 Å². The van der Waals surface area contributed by atoms with Crippen LogP contribution in [0.25, 0.3) is 0 Å². The van der Waals surface area contributed by atoms with Gasteiger partial charge in [-0.3, -0.25) is 10.2 Å². The smallest absolute Gasteiger partial charge is 0.327 e. The van der Waals surface area contributed by atoms with Crippen molar-refractivity contribution in [2.24, 2.45) is 7.05 Å². The van der Waals surface area contributed by atoms with Crippen molar-refractivity contribution in [2.45, 2.75) is 32.2 Å². The van der Waals surface area contributed by atoms with Gasteiger partial charge in [-0.15, -0.1) is 10.2 Å². The molecule has 2 atom stereocenters. The first-order valence-electron chi connectivity index (χ1n) is 7.78. The number of carbonyl (C=O) groups excluding carboxylic acids is 2. The summed E-state index contributed by atoms with van der Waals surface area (Å²) in [6.45, 7) is 3.71. The lowest BCUT2D eigenvalue weighted by Gasteiger charge is -2.17. The summed E-state index contributed by atoms with van der Waals surface area (Å²) in [5.74, 6) is 0.0417. The molecule has 0 saturated heterocycles. The predicted molar refractivity (Wildman–Crippen MR) is 88.7 cm³/mol. The predicted octanol–water partition coefficient (Wildman–Crippen LogP) is 1.40. The molecule has 2 unspecified atom stereocenters. The van der Waals surface area contributed by atoms with E-state index in [0.29, 0.717) is 12.2 Å². The standard InChI is InChI=1S/C16H22N6O2/c1-4-13(12-8-6-5-7-9-12)15(23)20-21-16(24)18-11(2)14-19-17-10-22(14)3/h5-11,13H,4H2,1-3H3,(H,20,23)(H2,18,21,24). The molecular weight excluding hydrogens is 308 g/mol. The number of aromatic nitrogens is 3. The van der Waals surface area contributed by atoms with Crippen LogP contribution < -0.4 is 16.2 Å². The topological polar surface area (TPSA) is 101 Å². The number of rotatable bonds is 5. The van der Waals surface area contributed by atoms with Gasteiger partial charge in [0.15, 0.2) is 5.82 Å². The summed E-state index contributed by atoms with van der Waals surface area (Å²) >= 11 is 0. The van der Waals surface area contributed by atoms with Crippen LogP contribution in [0.5, 0.6) is 0 Å². The molecule has 0 aliphatic carbocycles. The highest BCUT2D eigenvalue weighted by Gasteiger charge is 2.19. The van der Waals surface area contributed by atoms with Gasteiger partial charge in [0.2, 0.25) is 5.91 Å². The number of amides is 3. The number of hydrogen-bond donors (Lipinski definition) is 3. The molecule has 0 fully saturated rings. The van der Waals surface area contributed by atoms with Gasteiger partial charge >= 0.3 is 6.03 Å². The van der Waals surface area contributed by atoms with Crippen molar-refractivity contribution < 1.29 is 9.59 Å².